The maximum atomic E-state index is 13.2. The van der Waals surface area contributed by atoms with Crippen LogP contribution in [0.5, 0.6) is 0 Å². The highest BCUT2D eigenvalue weighted by Gasteiger charge is 2.23. The number of carbonyl (C=O) groups excluding carboxylic acids is 2. The van der Waals surface area contributed by atoms with Crippen LogP contribution in [0, 0.1) is 0 Å². The van der Waals surface area contributed by atoms with E-state index in [1.54, 1.807) is 12.1 Å². The molecule has 0 aliphatic rings. The lowest BCUT2D eigenvalue weighted by Gasteiger charge is -2.19. The second-order valence-corrected chi connectivity index (χ2v) is 8.78. The molecule has 0 spiro atoms. The zero-order valence-corrected chi connectivity index (χ0v) is 20.6. The number of aromatic nitrogens is 1. The predicted molar refractivity (Wildman–Crippen MR) is 141 cm³/mol. The molecule has 0 aliphatic carbocycles. The van der Waals surface area contributed by atoms with Crippen LogP contribution in [-0.2, 0) is 22.6 Å². The van der Waals surface area contributed by atoms with Crippen molar-refractivity contribution in [3.8, 4) is 0 Å². The third-order valence-electron chi connectivity index (χ3n) is 5.41. The summed E-state index contributed by atoms with van der Waals surface area (Å²) in [5.74, 6) is -0.441. The Hall–Kier alpha value is -4.66. The number of carbonyl (C=O) groups is 2. The summed E-state index contributed by atoms with van der Waals surface area (Å²) in [7, 11) is 0. The van der Waals surface area contributed by atoms with Gasteiger partial charge in [-0.1, -0.05) is 60.7 Å². The highest BCUT2D eigenvalue weighted by molar-refractivity contribution is 5.98. The van der Waals surface area contributed by atoms with E-state index in [2.05, 4.69) is 20.9 Å². The smallest absolute Gasteiger partial charge is 0.408 e. The standard InChI is InChI=1S/C28H28N4O5/c1-18(2)29-27-31-23-16-21(13-14-22(23)26(34)37-27)30-25(33)24(15-19-9-5-3-6-10-19)32-28(35)36-17-20-11-7-4-8-12-20/h3-14,16,18,24H,15,17H2,1-2H3,(H,29,31)(H,30,33)(H,32,35)/t24-/m0/s1. The van der Waals surface area contributed by atoms with Gasteiger partial charge in [0, 0.05) is 18.2 Å². The lowest BCUT2D eigenvalue weighted by atomic mass is 10.1. The van der Waals surface area contributed by atoms with E-state index in [-0.39, 0.29) is 30.5 Å². The number of anilines is 2. The number of alkyl carbamates (subject to hydrolysis) is 1. The van der Waals surface area contributed by atoms with Crippen LogP contribution < -0.4 is 21.6 Å². The molecular formula is C28H28N4O5. The fraction of sp³-hybridized carbons (Fsp3) is 0.214. The monoisotopic (exact) mass is 500 g/mol. The van der Waals surface area contributed by atoms with E-state index >= 15 is 0 Å². The Bertz CT molecular complexity index is 1420. The molecule has 3 N–H and O–H groups in total. The fourth-order valence-electron chi connectivity index (χ4n) is 3.65. The van der Waals surface area contributed by atoms with Gasteiger partial charge in [0.25, 0.3) is 6.01 Å². The maximum absolute atomic E-state index is 13.2. The van der Waals surface area contributed by atoms with Crippen LogP contribution in [-0.4, -0.2) is 29.1 Å². The Morgan fingerprint density at radius 3 is 2.30 bits per heavy atom. The molecule has 37 heavy (non-hydrogen) atoms. The molecule has 1 heterocycles. The first kappa shape index (κ1) is 25.4. The van der Waals surface area contributed by atoms with Crippen molar-refractivity contribution >= 4 is 34.6 Å². The summed E-state index contributed by atoms with van der Waals surface area (Å²) >= 11 is 0. The summed E-state index contributed by atoms with van der Waals surface area (Å²) in [6.45, 7) is 3.87. The van der Waals surface area contributed by atoms with Crippen molar-refractivity contribution in [2.24, 2.45) is 0 Å². The van der Waals surface area contributed by atoms with Gasteiger partial charge in [-0.25, -0.2) is 9.59 Å². The molecule has 9 heteroatoms. The Morgan fingerprint density at radius 2 is 1.62 bits per heavy atom. The highest BCUT2D eigenvalue weighted by atomic mass is 16.5. The van der Waals surface area contributed by atoms with Crippen LogP contribution in [0.15, 0.2) is 88.1 Å². The van der Waals surface area contributed by atoms with Crippen molar-refractivity contribution in [3.63, 3.8) is 0 Å². The first-order chi connectivity index (χ1) is 17.9. The number of hydrogen-bond acceptors (Lipinski definition) is 7. The van der Waals surface area contributed by atoms with E-state index in [9.17, 15) is 14.4 Å². The van der Waals surface area contributed by atoms with Crippen LogP contribution in [0.4, 0.5) is 16.5 Å². The van der Waals surface area contributed by atoms with Crippen molar-refractivity contribution in [2.75, 3.05) is 10.6 Å². The van der Waals surface area contributed by atoms with E-state index in [0.29, 0.717) is 11.2 Å². The first-order valence-corrected chi connectivity index (χ1v) is 11.9. The van der Waals surface area contributed by atoms with E-state index in [1.807, 2.05) is 74.5 Å². The third kappa shape index (κ3) is 7.17. The molecule has 4 aromatic rings. The lowest BCUT2D eigenvalue weighted by Crippen LogP contribution is -2.45. The van der Waals surface area contributed by atoms with Crippen molar-refractivity contribution in [2.45, 2.75) is 39.0 Å². The summed E-state index contributed by atoms with van der Waals surface area (Å²) in [4.78, 5) is 42.4. The molecule has 1 atom stereocenters. The second kappa shape index (κ2) is 11.9. The summed E-state index contributed by atoms with van der Waals surface area (Å²) in [5.41, 5.74) is 1.96. The summed E-state index contributed by atoms with van der Waals surface area (Å²) < 4.78 is 10.5. The SMILES string of the molecule is CC(C)Nc1nc2cc(NC(=O)[C@H](Cc3ccccc3)NC(=O)OCc3ccccc3)ccc2c(=O)o1. The minimum atomic E-state index is -0.909. The molecule has 2 amide bonds. The lowest BCUT2D eigenvalue weighted by molar-refractivity contribution is -0.118. The second-order valence-electron chi connectivity index (χ2n) is 8.78. The van der Waals surface area contributed by atoms with Crippen LogP contribution in [0.1, 0.15) is 25.0 Å². The number of fused-ring (bicyclic) bond motifs is 1. The Kier molecular flexibility index (Phi) is 8.15. The molecule has 190 valence electrons. The van der Waals surface area contributed by atoms with E-state index in [1.165, 1.54) is 6.07 Å². The summed E-state index contributed by atoms with van der Waals surface area (Å²) in [6, 6.07) is 22.5. The van der Waals surface area contributed by atoms with E-state index in [4.69, 9.17) is 9.15 Å². The van der Waals surface area contributed by atoms with Crippen molar-refractivity contribution in [1.82, 2.24) is 10.3 Å². The largest absolute Gasteiger partial charge is 0.445 e. The normalized spacial score (nSPS) is 11.6. The molecule has 0 aliphatic heterocycles. The van der Waals surface area contributed by atoms with Crippen LogP contribution >= 0.6 is 0 Å². The van der Waals surface area contributed by atoms with Gasteiger partial charge in [-0.3, -0.25) is 4.79 Å². The van der Waals surface area contributed by atoms with Gasteiger partial charge in [0.05, 0.1) is 10.9 Å². The number of amides is 2. The van der Waals surface area contributed by atoms with Crippen molar-refractivity contribution < 1.29 is 18.7 Å². The van der Waals surface area contributed by atoms with Gasteiger partial charge in [-0.05, 0) is 43.2 Å². The summed E-state index contributed by atoms with van der Waals surface area (Å²) in [6.07, 6.45) is -0.451. The molecule has 0 saturated carbocycles. The number of benzene rings is 3. The fourth-order valence-corrected chi connectivity index (χ4v) is 3.65. The molecule has 3 aromatic carbocycles. The average molecular weight is 501 g/mol. The molecule has 9 nitrogen and oxygen atoms in total. The summed E-state index contributed by atoms with van der Waals surface area (Å²) in [5, 5.41) is 8.73. The number of hydrogen-bond donors (Lipinski definition) is 3. The molecule has 4 rings (SSSR count). The van der Waals surface area contributed by atoms with Crippen molar-refractivity contribution in [1.29, 1.82) is 0 Å². The number of ether oxygens (including phenoxy) is 1. The topological polar surface area (TPSA) is 123 Å². The van der Waals surface area contributed by atoms with Gasteiger partial charge < -0.3 is 25.1 Å². The van der Waals surface area contributed by atoms with E-state index in [0.717, 1.165) is 11.1 Å². The van der Waals surface area contributed by atoms with Crippen LogP contribution in [0.25, 0.3) is 10.9 Å². The Balaban J connectivity index is 1.50. The van der Waals surface area contributed by atoms with Gasteiger partial charge in [-0.15, -0.1) is 0 Å². The van der Waals surface area contributed by atoms with Crippen LogP contribution in [0.3, 0.4) is 0 Å². The number of rotatable bonds is 9. The highest BCUT2D eigenvalue weighted by Crippen LogP contribution is 2.18. The van der Waals surface area contributed by atoms with E-state index < -0.39 is 23.7 Å². The van der Waals surface area contributed by atoms with Gasteiger partial charge in [0.15, 0.2) is 0 Å². The predicted octanol–water partition coefficient (Wildman–Crippen LogP) is 4.48. The quantitative estimate of drug-likeness (QED) is 0.310. The molecule has 0 bridgehead atoms. The van der Waals surface area contributed by atoms with Gasteiger partial charge in [0.2, 0.25) is 5.91 Å². The van der Waals surface area contributed by atoms with Gasteiger partial charge >= 0.3 is 11.7 Å². The Labute approximate surface area is 213 Å². The first-order valence-electron chi connectivity index (χ1n) is 11.9. The maximum Gasteiger partial charge on any atom is 0.408 e. The van der Waals surface area contributed by atoms with Gasteiger partial charge in [0.1, 0.15) is 12.6 Å². The zero-order chi connectivity index (χ0) is 26.2. The Morgan fingerprint density at radius 1 is 0.946 bits per heavy atom. The molecule has 0 radical (unpaired) electrons. The minimum absolute atomic E-state index is 0.0162. The zero-order valence-electron chi connectivity index (χ0n) is 20.6. The number of nitrogens with zero attached hydrogens (tertiary/aromatic N) is 1. The molecular weight excluding hydrogens is 472 g/mol. The molecule has 0 saturated heterocycles. The minimum Gasteiger partial charge on any atom is -0.445 e. The molecule has 0 unspecified atom stereocenters. The van der Waals surface area contributed by atoms with Crippen molar-refractivity contribution in [3.05, 3.63) is 100 Å². The van der Waals surface area contributed by atoms with Gasteiger partial charge in [-0.2, -0.15) is 4.98 Å². The number of nitrogens with one attached hydrogen (secondary N) is 3. The molecule has 0 fully saturated rings. The molecule has 1 aromatic heterocycles. The van der Waals surface area contributed by atoms with Crippen LogP contribution in [0.2, 0.25) is 0 Å². The average Bonchev–Trinajstić information content (AvgIpc) is 2.88. The third-order valence-corrected chi connectivity index (χ3v) is 5.41.